The molecule has 12 heteroatoms. The number of nitriles is 1. The molecule has 3 aliphatic rings. The highest BCUT2D eigenvalue weighted by Gasteiger charge is 2.35. The molecular formula is C40H51ClFN7O3. The van der Waals surface area contributed by atoms with E-state index in [1.807, 2.05) is 12.1 Å². The fourth-order valence-electron chi connectivity index (χ4n) is 7.61. The van der Waals surface area contributed by atoms with Crippen LogP contribution in [0.25, 0.3) is 10.8 Å². The molecule has 2 fully saturated rings. The Bertz CT molecular complexity index is 1790. The smallest absolute Gasteiger partial charge is 0.318 e. The lowest BCUT2D eigenvalue weighted by molar-refractivity contribution is -0.131. The van der Waals surface area contributed by atoms with Crippen molar-refractivity contribution >= 4 is 39.8 Å². The van der Waals surface area contributed by atoms with E-state index in [-0.39, 0.29) is 24.4 Å². The number of likely N-dealkylation sites (tertiary alicyclic amines) is 1. The highest BCUT2D eigenvalue weighted by Crippen LogP contribution is 2.37. The number of aromatic nitrogens is 2. The Balaban J connectivity index is 1.22. The highest BCUT2D eigenvalue weighted by atomic mass is 35.5. The predicted octanol–water partition coefficient (Wildman–Crippen LogP) is 6.95. The quantitative estimate of drug-likeness (QED) is 0.137. The van der Waals surface area contributed by atoms with Gasteiger partial charge in [0.15, 0.2) is 5.83 Å². The molecular weight excluding hydrogens is 681 g/mol. The summed E-state index contributed by atoms with van der Waals surface area (Å²) in [6.07, 6.45) is 4.94. The van der Waals surface area contributed by atoms with Gasteiger partial charge in [0.25, 0.3) is 5.91 Å². The Hall–Kier alpha value is -3.98. The molecule has 1 aromatic heterocycles. The van der Waals surface area contributed by atoms with Crippen LogP contribution < -0.4 is 14.5 Å². The minimum absolute atomic E-state index is 0.0704. The van der Waals surface area contributed by atoms with E-state index in [1.165, 1.54) is 4.90 Å². The van der Waals surface area contributed by atoms with Crippen molar-refractivity contribution in [3.8, 4) is 12.1 Å². The fraction of sp³-hybridized carbons (Fsp3) is 0.550. The summed E-state index contributed by atoms with van der Waals surface area (Å²) in [5.74, 6) is -1.04. The average molecular weight is 732 g/mol. The molecule has 1 amide bonds. The largest absolute Gasteiger partial charge is 0.462 e. The van der Waals surface area contributed by atoms with Crippen molar-refractivity contribution in [1.82, 2.24) is 19.8 Å². The summed E-state index contributed by atoms with van der Waals surface area (Å²) in [4.78, 5) is 31.0. The van der Waals surface area contributed by atoms with Crippen LogP contribution in [0.3, 0.4) is 0 Å². The van der Waals surface area contributed by atoms with Gasteiger partial charge in [-0.3, -0.25) is 9.69 Å². The average Bonchev–Trinajstić information content (AvgIpc) is 3.58. The Kier molecular flexibility index (Phi) is 12.2. The Morgan fingerprint density at radius 2 is 1.88 bits per heavy atom. The van der Waals surface area contributed by atoms with Crippen LogP contribution in [0.5, 0.6) is 6.01 Å². The molecule has 0 saturated carbocycles. The molecule has 0 spiro atoms. The van der Waals surface area contributed by atoms with Gasteiger partial charge in [-0.15, -0.1) is 0 Å². The summed E-state index contributed by atoms with van der Waals surface area (Å²) in [7, 11) is 0. The van der Waals surface area contributed by atoms with Crippen molar-refractivity contribution in [3.63, 3.8) is 0 Å². The molecule has 6 rings (SSSR count). The zero-order chi connectivity index (χ0) is 36.8. The molecule has 0 radical (unpaired) electrons. The van der Waals surface area contributed by atoms with Crippen molar-refractivity contribution in [2.75, 3.05) is 68.9 Å². The third-order valence-corrected chi connectivity index (χ3v) is 10.7. The second-order valence-corrected chi connectivity index (χ2v) is 15.7. The van der Waals surface area contributed by atoms with Crippen molar-refractivity contribution in [2.24, 2.45) is 5.41 Å². The summed E-state index contributed by atoms with van der Waals surface area (Å²) in [6, 6.07) is 14.4. The molecule has 52 heavy (non-hydrogen) atoms. The van der Waals surface area contributed by atoms with Crippen molar-refractivity contribution < 1.29 is 18.7 Å². The van der Waals surface area contributed by atoms with E-state index in [0.717, 1.165) is 92.1 Å². The Morgan fingerprint density at radius 3 is 2.65 bits per heavy atom. The number of carbonyl (C=O) groups is 1. The van der Waals surface area contributed by atoms with Crippen molar-refractivity contribution in [3.05, 3.63) is 65.1 Å². The second kappa shape index (κ2) is 16.8. The van der Waals surface area contributed by atoms with Crippen LogP contribution in [0, 0.1) is 16.7 Å². The van der Waals surface area contributed by atoms with Gasteiger partial charge in [0, 0.05) is 68.6 Å². The summed E-state index contributed by atoms with van der Waals surface area (Å²) in [6.45, 7) is 16.2. The normalized spacial score (nSPS) is 19.5. The number of carbonyl (C=O) groups excluding carboxylic acids is 1. The van der Waals surface area contributed by atoms with Crippen LogP contribution in [0.2, 0.25) is 5.02 Å². The summed E-state index contributed by atoms with van der Waals surface area (Å²) in [5.41, 5.74) is 3.22. The first-order chi connectivity index (χ1) is 25.0. The maximum absolute atomic E-state index is 13.9. The monoisotopic (exact) mass is 731 g/mol. The molecule has 3 aliphatic heterocycles. The van der Waals surface area contributed by atoms with Crippen LogP contribution in [0.1, 0.15) is 64.1 Å². The van der Waals surface area contributed by atoms with Gasteiger partial charge in [-0.05, 0) is 61.6 Å². The molecule has 0 aliphatic carbocycles. The van der Waals surface area contributed by atoms with Gasteiger partial charge >= 0.3 is 6.01 Å². The molecule has 2 atom stereocenters. The van der Waals surface area contributed by atoms with Crippen LogP contribution in [0.4, 0.5) is 15.9 Å². The molecule has 0 bridgehead atoms. The molecule has 2 saturated heterocycles. The Labute approximate surface area is 312 Å². The number of nitrogens with zero attached hydrogens (tertiary/aromatic N) is 7. The first-order valence-corrected chi connectivity index (χ1v) is 18.9. The number of hydrogen-bond acceptors (Lipinski definition) is 9. The zero-order valence-electron chi connectivity index (χ0n) is 30.8. The van der Waals surface area contributed by atoms with Crippen molar-refractivity contribution in [1.29, 1.82) is 5.26 Å². The highest BCUT2D eigenvalue weighted by molar-refractivity contribution is 6.36. The van der Waals surface area contributed by atoms with Gasteiger partial charge in [0.2, 0.25) is 0 Å². The van der Waals surface area contributed by atoms with E-state index in [4.69, 9.17) is 31.0 Å². The van der Waals surface area contributed by atoms with E-state index in [9.17, 15) is 14.4 Å². The van der Waals surface area contributed by atoms with Crippen molar-refractivity contribution in [2.45, 2.75) is 77.9 Å². The number of halogens is 2. The predicted molar refractivity (Wildman–Crippen MR) is 204 cm³/mol. The second-order valence-electron chi connectivity index (χ2n) is 15.3. The van der Waals surface area contributed by atoms with E-state index in [0.29, 0.717) is 43.7 Å². The molecule has 1 unspecified atom stereocenters. The third kappa shape index (κ3) is 8.96. The first-order valence-electron chi connectivity index (χ1n) is 18.6. The number of amides is 1. The maximum Gasteiger partial charge on any atom is 0.318 e. The van der Waals surface area contributed by atoms with Gasteiger partial charge < -0.3 is 24.2 Å². The molecule has 4 heterocycles. The lowest BCUT2D eigenvalue weighted by atomic mass is 9.93. The van der Waals surface area contributed by atoms with E-state index in [2.05, 4.69) is 72.4 Å². The SMILES string of the molecule is C=C(F)C(=O)N1CCN(c2nc(OCC3CCCN3CCCOCCC(C)(C)C)nc3c2CCN(c2cccc4cccc(Cl)c24)C3)C[C@@H]1CC#N. The summed E-state index contributed by atoms with van der Waals surface area (Å²) >= 11 is 6.74. The van der Waals surface area contributed by atoms with Gasteiger partial charge in [0.1, 0.15) is 12.4 Å². The molecule has 278 valence electrons. The van der Waals surface area contributed by atoms with Crippen LogP contribution in [-0.4, -0.2) is 96.8 Å². The Morgan fingerprint density at radius 1 is 1.08 bits per heavy atom. The number of rotatable bonds is 13. The number of ether oxygens (including phenoxy) is 2. The lowest BCUT2D eigenvalue weighted by Crippen LogP contribution is -2.55. The lowest BCUT2D eigenvalue weighted by Gasteiger charge is -2.42. The van der Waals surface area contributed by atoms with Gasteiger partial charge in [-0.1, -0.05) is 63.2 Å². The number of hydrogen-bond donors (Lipinski definition) is 0. The minimum atomic E-state index is -1.02. The number of benzene rings is 2. The molecule has 10 nitrogen and oxygen atoms in total. The van der Waals surface area contributed by atoms with E-state index < -0.39 is 17.8 Å². The number of fused-ring (bicyclic) bond motifs is 2. The van der Waals surface area contributed by atoms with Gasteiger partial charge in [-0.25, -0.2) is 4.39 Å². The minimum Gasteiger partial charge on any atom is -0.462 e. The summed E-state index contributed by atoms with van der Waals surface area (Å²) < 4.78 is 26.3. The fourth-order valence-corrected chi connectivity index (χ4v) is 7.89. The van der Waals surface area contributed by atoms with Crippen LogP contribution in [-0.2, 0) is 22.5 Å². The van der Waals surface area contributed by atoms with Crippen LogP contribution >= 0.6 is 11.6 Å². The molecule has 3 aromatic rings. The van der Waals surface area contributed by atoms with Gasteiger partial charge in [0.05, 0.1) is 35.8 Å². The molecule has 0 N–H and O–H groups in total. The standard InChI is InChI=1S/C40H51ClFN7O3/c1-28(42)38(50)49-22-21-48(25-30(49)14-17-43)37-32-15-20-47(35-13-6-10-29-9-5-12-33(41)36(29)35)26-34(32)44-39(45-37)52-27-31-11-7-18-46(31)19-8-23-51-24-16-40(2,3)4/h5-6,9-10,12-13,30-31H,1,7-8,11,14-16,18-27H2,2-4H3/t30-,31?/m0/s1. The zero-order valence-corrected chi connectivity index (χ0v) is 31.5. The molecule has 2 aromatic carbocycles. The van der Waals surface area contributed by atoms with Crippen LogP contribution in [0.15, 0.2) is 48.8 Å². The summed E-state index contributed by atoms with van der Waals surface area (Å²) in [5, 5.41) is 12.4. The van der Waals surface area contributed by atoms with E-state index >= 15 is 0 Å². The number of anilines is 2. The third-order valence-electron chi connectivity index (χ3n) is 10.4. The first kappa shape index (κ1) is 37.8. The number of piperazine rings is 1. The topological polar surface area (TPSA) is 98.1 Å². The van der Waals surface area contributed by atoms with Gasteiger partial charge in [-0.2, -0.15) is 15.2 Å². The maximum atomic E-state index is 13.9. The van der Waals surface area contributed by atoms with E-state index in [1.54, 1.807) is 0 Å².